The van der Waals surface area contributed by atoms with Crippen LogP contribution < -0.4 is 0 Å². The van der Waals surface area contributed by atoms with Gasteiger partial charge in [-0.25, -0.2) is 0 Å². The van der Waals surface area contributed by atoms with Crippen LogP contribution in [0, 0.1) is 0 Å². The zero-order valence-corrected chi connectivity index (χ0v) is 16.4. The molecule has 0 aromatic heterocycles. The van der Waals surface area contributed by atoms with Crippen molar-refractivity contribution in [2.45, 2.75) is 71.1 Å². The number of hydrogen-bond acceptors (Lipinski definition) is 1. The fourth-order valence-electron chi connectivity index (χ4n) is 1.93. The van der Waals surface area contributed by atoms with E-state index in [0.717, 1.165) is 32.1 Å². The SMILES string of the molecule is CCCCC/C=C\C/C=C\C/C=C\C/C=C\CCCC(=O)O.[As]. The molecule has 2 nitrogen and oxygen atoms in total. The Morgan fingerprint density at radius 3 is 1.61 bits per heavy atom. The van der Waals surface area contributed by atoms with Crippen molar-refractivity contribution in [1.29, 1.82) is 0 Å². The fourth-order valence-corrected chi connectivity index (χ4v) is 1.93. The molecule has 0 aliphatic rings. The van der Waals surface area contributed by atoms with Crippen molar-refractivity contribution >= 4 is 23.9 Å². The summed E-state index contributed by atoms with van der Waals surface area (Å²) in [6, 6.07) is 0. The number of allylic oxidation sites excluding steroid dienone is 8. The number of rotatable bonds is 14. The maximum atomic E-state index is 10.3. The van der Waals surface area contributed by atoms with Crippen LogP contribution in [0.15, 0.2) is 48.6 Å². The van der Waals surface area contributed by atoms with E-state index in [1.807, 2.05) is 0 Å². The van der Waals surface area contributed by atoms with E-state index >= 15 is 0 Å². The molecule has 0 atom stereocenters. The second-order valence-electron chi connectivity index (χ2n) is 5.37. The third-order valence-corrected chi connectivity index (χ3v) is 3.22. The normalized spacial score (nSPS) is 11.9. The predicted octanol–water partition coefficient (Wildman–Crippen LogP) is 5.84. The molecule has 0 fully saturated rings. The maximum Gasteiger partial charge on any atom is 0.303 e. The van der Waals surface area contributed by atoms with Crippen molar-refractivity contribution in [2.24, 2.45) is 0 Å². The summed E-state index contributed by atoms with van der Waals surface area (Å²) >= 11 is 0. The Kier molecular flexibility index (Phi) is 22.1. The Morgan fingerprint density at radius 2 is 1.17 bits per heavy atom. The maximum absolute atomic E-state index is 10.3. The Morgan fingerprint density at radius 1 is 0.739 bits per heavy atom. The summed E-state index contributed by atoms with van der Waals surface area (Å²) in [5, 5.41) is 8.49. The molecule has 0 rings (SSSR count). The molecule has 3 heteroatoms. The zero-order chi connectivity index (χ0) is 16.3. The van der Waals surface area contributed by atoms with Crippen molar-refractivity contribution in [3.8, 4) is 0 Å². The first-order valence-electron chi connectivity index (χ1n) is 8.59. The molecule has 0 saturated heterocycles. The molecule has 0 saturated carbocycles. The van der Waals surface area contributed by atoms with Crippen molar-refractivity contribution < 1.29 is 9.90 Å². The summed E-state index contributed by atoms with van der Waals surface area (Å²) in [7, 11) is 0. The molecule has 0 aliphatic carbocycles. The molecule has 0 aromatic rings. The zero-order valence-electron chi connectivity index (χ0n) is 14.5. The minimum atomic E-state index is -0.712. The summed E-state index contributed by atoms with van der Waals surface area (Å²) in [5.41, 5.74) is 0. The van der Waals surface area contributed by atoms with E-state index in [9.17, 15) is 4.79 Å². The van der Waals surface area contributed by atoms with E-state index in [2.05, 4.69) is 55.5 Å². The van der Waals surface area contributed by atoms with Crippen molar-refractivity contribution in [1.82, 2.24) is 0 Å². The quantitative estimate of drug-likeness (QED) is 0.234. The fraction of sp³-hybridized carbons (Fsp3) is 0.550. The second-order valence-corrected chi connectivity index (χ2v) is 5.37. The number of unbranched alkanes of at least 4 members (excludes halogenated alkanes) is 4. The summed E-state index contributed by atoms with van der Waals surface area (Å²) in [5.74, 6) is -0.712. The molecule has 0 aliphatic heterocycles. The van der Waals surface area contributed by atoms with E-state index in [-0.39, 0.29) is 24.4 Å². The number of carboxylic acids is 1. The van der Waals surface area contributed by atoms with Crippen LogP contribution in [-0.2, 0) is 4.79 Å². The van der Waals surface area contributed by atoms with E-state index in [1.54, 1.807) is 0 Å². The molecule has 0 bridgehead atoms. The van der Waals surface area contributed by atoms with Gasteiger partial charge in [-0.05, 0) is 44.9 Å². The van der Waals surface area contributed by atoms with Gasteiger partial charge in [-0.15, -0.1) is 0 Å². The Balaban J connectivity index is 0. The largest absolute Gasteiger partial charge is 0.481 e. The minimum Gasteiger partial charge on any atom is -0.481 e. The van der Waals surface area contributed by atoms with Crippen LogP contribution in [-0.4, -0.2) is 29.0 Å². The van der Waals surface area contributed by atoms with E-state index in [4.69, 9.17) is 5.11 Å². The van der Waals surface area contributed by atoms with Crippen molar-refractivity contribution in [3.63, 3.8) is 0 Å². The van der Waals surface area contributed by atoms with Crippen molar-refractivity contribution in [2.75, 3.05) is 0 Å². The molecule has 0 unspecified atom stereocenters. The molecule has 3 radical (unpaired) electrons. The third-order valence-electron chi connectivity index (χ3n) is 3.22. The molecule has 0 spiro atoms. The molecule has 23 heavy (non-hydrogen) atoms. The number of carbonyl (C=O) groups is 1. The number of hydrogen-bond donors (Lipinski definition) is 1. The van der Waals surface area contributed by atoms with Gasteiger partial charge >= 0.3 is 5.97 Å². The van der Waals surface area contributed by atoms with Gasteiger partial charge in [0.25, 0.3) is 0 Å². The first-order valence-corrected chi connectivity index (χ1v) is 8.59. The topological polar surface area (TPSA) is 37.3 Å². The van der Waals surface area contributed by atoms with E-state index in [1.165, 1.54) is 25.7 Å². The summed E-state index contributed by atoms with van der Waals surface area (Å²) in [6.45, 7) is 2.23. The van der Waals surface area contributed by atoms with Crippen LogP contribution in [0.2, 0.25) is 0 Å². The van der Waals surface area contributed by atoms with Crippen molar-refractivity contribution in [3.05, 3.63) is 48.6 Å². The average Bonchev–Trinajstić information content (AvgIpc) is 2.50. The van der Waals surface area contributed by atoms with Gasteiger partial charge in [0.1, 0.15) is 0 Å². The first kappa shape index (κ1) is 24.2. The van der Waals surface area contributed by atoms with Gasteiger partial charge in [0.05, 0.1) is 0 Å². The molecule has 1 N–H and O–H groups in total. The van der Waals surface area contributed by atoms with Crippen LogP contribution in [0.25, 0.3) is 0 Å². The number of carboxylic acid groups (broad SMARTS) is 1. The Labute approximate surface area is 153 Å². The average molecular weight is 379 g/mol. The van der Waals surface area contributed by atoms with Crippen LogP contribution in [0.5, 0.6) is 0 Å². The molecular formula is C20H32AsO2. The smallest absolute Gasteiger partial charge is 0.303 e. The second kappa shape index (κ2) is 21.0. The summed E-state index contributed by atoms with van der Waals surface area (Å²) in [6.07, 6.45) is 27.3. The summed E-state index contributed by atoms with van der Waals surface area (Å²) in [4.78, 5) is 10.3. The standard InChI is InChI=1S/C20H32O2.As/c1-2-3-4-5-6-7-8-9-10-11-12-13-14-15-16-17-18-19-20(21)22;/h6-7,9-10,12-13,15-16H,2-5,8,11,14,17-19H2,1H3,(H,21,22);/b7-6-,10-9-,13-12-,16-15-;. The minimum absolute atomic E-state index is 0. The molecule has 0 amide bonds. The van der Waals surface area contributed by atoms with Gasteiger partial charge in [0, 0.05) is 24.4 Å². The van der Waals surface area contributed by atoms with Gasteiger partial charge in [-0.2, -0.15) is 0 Å². The van der Waals surface area contributed by atoms with Crippen LogP contribution in [0.4, 0.5) is 0 Å². The van der Waals surface area contributed by atoms with Gasteiger partial charge in [0.2, 0.25) is 0 Å². The van der Waals surface area contributed by atoms with Gasteiger partial charge in [0.15, 0.2) is 0 Å². The number of aliphatic carboxylic acids is 1. The monoisotopic (exact) mass is 379 g/mol. The van der Waals surface area contributed by atoms with Gasteiger partial charge < -0.3 is 5.11 Å². The van der Waals surface area contributed by atoms with Crippen LogP contribution >= 0.6 is 0 Å². The van der Waals surface area contributed by atoms with Gasteiger partial charge in [-0.1, -0.05) is 68.4 Å². The van der Waals surface area contributed by atoms with Crippen LogP contribution in [0.3, 0.4) is 0 Å². The first-order chi connectivity index (χ1) is 10.8. The van der Waals surface area contributed by atoms with E-state index in [0.29, 0.717) is 0 Å². The molecule has 129 valence electrons. The molecule has 0 aromatic carbocycles. The van der Waals surface area contributed by atoms with E-state index < -0.39 is 5.97 Å². The Bertz CT molecular complexity index is 368. The third kappa shape index (κ3) is 23.4. The summed E-state index contributed by atoms with van der Waals surface area (Å²) < 4.78 is 0. The van der Waals surface area contributed by atoms with Crippen LogP contribution in [0.1, 0.15) is 71.1 Å². The molecular weight excluding hydrogens is 347 g/mol. The molecule has 0 heterocycles. The Hall–Kier alpha value is -1.01. The van der Waals surface area contributed by atoms with Gasteiger partial charge in [-0.3, -0.25) is 4.79 Å². The predicted molar refractivity (Wildman–Crippen MR) is 102 cm³/mol.